The average Bonchev–Trinajstić information content (AvgIpc) is 3.70. The molecular formula is C31H31ClFN3O8. The summed E-state index contributed by atoms with van der Waals surface area (Å²) in [5, 5.41) is 5.55. The molecule has 1 saturated carbocycles. The van der Waals surface area contributed by atoms with Crippen LogP contribution < -0.4 is 20.9 Å². The highest BCUT2D eigenvalue weighted by Crippen LogP contribution is 2.48. The molecule has 0 bridgehead atoms. The van der Waals surface area contributed by atoms with Crippen LogP contribution in [0.1, 0.15) is 27.7 Å². The second kappa shape index (κ2) is 13.3. The SMILES string of the molecule is CCOC(=O)C1C(C(=O)Nc2ccc(Cl)cc2)C1C(=O)Nc1ccc(-n2ccc(OCC(=O)OC(C)(C)C)cc2=O)cc1F. The van der Waals surface area contributed by atoms with Gasteiger partial charge in [0.25, 0.3) is 5.56 Å². The van der Waals surface area contributed by atoms with Crippen LogP contribution >= 0.6 is 11.6 Å². The summed E-state index contributed by atoms with van der Waals surface area (Å²) < 4.78 is 31.8. The maximum atomic E-state index is 15.1. The third-order valence-electron chi connectivity index (χ3n) is 6.45. The van der Waals surface area contributed by atoms with E-state index in [9.17, 15) is 24.0 Å². The number of benzene rings is 2. The zero-order chi connectivity index (χ0) is 32.2. The van der Waals surface area contributed by atoms with Crippen LogP contribution in [-0.2, 0) is 28.7 Å². The number of carbonyl (C=O) groups excluding carboxylic acids is 4. The Labute approximate surface area is 257 Å². The minimum Gasteiger partial charge on any atom is -0.482 e. The first-order valence-electron chi connectivity index (χ1n) is 13.7. The number of hydrogen-bond donors (Lipinski definition) is 2. The van der Waals surface area contributed by atoms with Crippen LogP contribution in [0.3, 0.4) is 0 Å². The Kier molecular flexibility index (Phi) is 9.73. The molecule has 3 unspecified atom stereocenters. The van der Waals surface area contributed by atoms with Crippen molar-refractivity contribution in [3.05, 3.63) is 82.0 Å². The molecule has 0 spiro atoms. The van der Waals surface area contributed by atoms with Gasteiger partial charge in [-0.1, -0.05) is 11.6 Å². The Morgan fingerprint density at radius 3 is 2.18 bits per heavy atom. The molecule has 2 N–H and O–H groups in total. The van der Waals surface area contributed by atoms with Crippen LogP contribution in [-0.4, -0.2) is 47.1 Å². The first-order valence-corrected chi connectivity index (χ1v) is 14.1. The number of pyridine rings is 1. The number of anilines is 2. The second-order valence-corrected chi connectivity index (χ2v) is 11.4. The van der Waals surface area contributed by atoms with E-state index in [1.165, 1.54) is 24.4 Å². The lowest BCUT2D eigenvalue weighted by atomic mass is 10.2. The third kappa shape index (κ3) is 8.01. The Balaban J connectivity index is 1.43. The van der Waals surface area contributed by atoms with E-state index in [-0.39, 0.29) is 23.7 Å². The topological polar surface area (TPSA) is 142 Å². The molecule has 13 heteroatoms. The van der Waals surface area contributed by atoms with Crippen LogP contribution in [0, 0.1) is 23.6 Å². The minimum absolute atomic E-state index is 0.0570. The Bertz CT molecular complexity index is 1630. The van der Waals surface area contributed by atoms with E-state index in [1.54, 1.807) is 52.0 Å². The molecular weight excluding hydrogens is 597 g/mol. The molecule has 44 heavy (non-hydrogen) atoms. The predicted octanol–water partition coefficient (Wildman–Crippen LogP) is 4.35. The quantitative estimate of drug-likeness (QED) is 0.316. The van der Waals surface area contributed by atoms with Crippen molar-refractivity contribution in [1.29, 1.82) is 0 Å². The fraction of sp³-hybridized carbons (Fsp3) is 0.323. The lowest BCUT2D eigenvalue weighted by molar-refractivity contribution is -0.157. The maximum Gasteiger partial charge on any atom is 0.344 e. The molecule has 0 saturated heterocycles. The molecule has 1 aromatic heterocycles. The molecule has 2 amide bonds. The van der Waals surface area contributed by atoms with Crippen molar-refractivity contribution in [1.82, 2.24) is 4.57 Å². The molecule has 3 aromatic rings. The highest BCUT2D eigenvalue weighted by molar-refractivity contribution is 6.30. The van der Waals surface area contributed by atoms with Crippen LogP contribution in [0.5, 0.6) is 5.75 Å². The summed E-state index contributed by atoms with van der Waals surface area (Å²) in [5.74, 6) is -6.52. The zero-order valence-corrected chi connectivity index (χ0v) is 25.1. The average molecular weight is 628 g/mol. The van der Waals surface area contributed by atoms with E-state index in [1.807, 2.05) is 0 Å². The van der Waals surface area contributed by atoms with Crippen molar-refractivity contribution in [2.75, 3.05) is 23.8 Å². The monoisotopic (exact) mass is 627 g/mol. The van der Waals surface area contributed by atoms with Gasteiger partial charge >= 0.3 is 11.9 Å². The summed E-state index contributed by atoms with van der Waals surface area (Å²) in [5.41, 5.74) is -0.884. The first kappa shape index (κ1) is 32.2. The molecule has 1 aliphatic rings. The van der Waals surface area contributed by atoms with Crippen molar-refractivity contribution in [2.45, 2.75) is 33.3 Å². The minimum atomic E-state index is -1.09. The molecule has 0 radical (unpaired) electrons. The van der Waals surface area contributed by atoms with Gasteiger partial charge in [-0.3, -0.25) is 23.7 Å². The highest BCUT2D eigenvalue weighted by atomic mass is 35.5. The van der Waals surface area contributed by atoms with Gasteiger partial charge in [0.15, 0.2) is 6.61 Å². The summed E-state index contributed by atoms with van der Waals surface area (Å²) in [6, 6.07) is 12.6. The van der Waals surface area contributed by atoms with E-state index in [2.05, 4.69) is 10.6 Å². The van der Waals surface area contributed by atoms with E-state index >= 15 is 4.39 Å². The fourth-order valence-corrected chi connectivity index (χ4v) is 4.63. The Morgan fingerprint density at radius 2 is 1.59 bits per heavy atom. The summed E-state index contributed by atoms with van der Waals surface area (Å²) >= 11 is 5.88. The van der Waals surface area contributed by atoms with Gasteiger partial charge in [-0.15, -0.1) is 0 Å². The van der Waals surface area contributed by atoms with Gasteiger partial charge in [0, 0.05) is 29.0 Å². The lowest BCUT2D eigenvalue weighted by Crippen LogP contribution is -2.27. The van der Waals surface area contributed by atoms with Gasteiger partial charge < -0.3 is 24.8 Å². The van der Waals surface area contributed by atoms with E-state index < -0.39 is 65.1 Å². The first-order chi connectivity index (χ1) is 20.8. The van der Waals surface area contributed by atoms with Gasteiger partial charge in [0.1, 0.15) is 17.2 Å². The van der Waals surface area contributed by atoms with Crippen molar-refractivity contribution in [3.8, 4) is 11.4 Å². The Morgan fingerprint density at radius 1 is 0.932 bits per heavy atom. The maximum absolute atomic E-state index is 15.1. The number of halogens is 2. The molecule has 3 atom stereocenters. The van der Waals surface area contributed by atoms with E-state index in [0.29, 0.717) is 10.7 Å². The van der Waals surface area contributed by atoms with E-state index in [0.717, 1.165) is 16.7 Å². The fourth-order valence-electron chi connectivity index (χ4n) is 4.50. The second-order valence-electron chi connectivity index (χ2n) is 10.9. The number of ether oxygens (including phenoxy) is 3. The van der Waals surface area contributed by atoms with Crippen molar-refractivity contribution < 1.29 is 37.8 Å². The van der Waals surface area contributed by atoms with Crippen molar-refractivity contribution in [2.24, 2.45) is 17.8 Å². The van der Waals surface area contributed by atoms with E-state index in [4.69, 9.17) is 25.8 Å². The molecule has 2 aromatic carbocycles. The van der Waals surface area contributed by atoms with Gasteiger partial charge in [-0.25, -0.2) is 9.18 Å². The van der Waals surface area contributed by atoms with Crippen LogP contribution in [0.2, 0.25) is 5.02 Å². The lowest BCUT2D eigenvalue weighted by Gasteiger charge is -2.19. The largest absolute Gasteiger partial charge is 0.482 e. The molecule has 1 heterocycles. The summed E-state index contributed by atoms with van der Waals surface area (Å²) in [4.78, 5) is 63.1. The number of esters is 2. The van der Waals surface area contributed by atoms with Gasteiger partial charge in [-0.2, -0.15) is 0 Å². The third-order valence-corrected chi connectivity index (χ3v) is 6.70. The molecule has 232 valence electrons. The number of aromatic nitrogens is 1. The zero-order valence-electron chi connectivity index (χ0n) is 24.4. The van der Waals surface area contributed by atoms with Gasteiger partial charge in [0.2, 0.25) is 11.8 Å². The summed E-state index contributed by atoms with van der Waals surface area (Å²) in [6.07, 6.45) is 1.35. The highest BCUT2D eigenvalue weighted by Gasteiger charge is 2.63. The molecule has 0 aliphatic heterocycles. The van der Waals surface area contributed by atoms with Crippen LogP contribution in [0.25, 0.3) is 5.69 Å². The number of nitrogens with one attached hydrogen (secondary N) is 2. The van der Waals surface area contributed by atoms with Gasteiger partial charge in [0.05, 0.1) is 35.7 Å². The normalized spacial score (nSPS) is 17.3. The number of rotatable bonds is 10. The van der Waals surface area contributed by atoms with Crippen molar-refractivity contribution >= 4 is 46.7 Å². The Hall–Kier alpha value is -4.71. The smallest absolute Gasteiger partial charge is 0.344 e. The number of amides is 2. The number of carbonyl (C=O) groups is 4. The van der Waals surface area contributed by atoms with Crippen molar-refractivity contribution in [3.63, 3.8) is 0 Å². The van der Waals surface area contributed by atoms with Crippen LogP contribution in [0.15, 0.2) is 65.6 Å². The summed E-state index contributed by atoms with van der Waals surface area (Å²) in [7, 11) is 0. The standard InChI is InChI=1S/C31H31ClFN3O8/c1-5-42-30(41)27-25(28(39)34-18-8-6-17(32)7-9-18)26(27)29(40)35-22-11-10-19(14-21(22)33)36-13-12-20(15-23(36)37)43-16-24(38)44-31(2,3)4/h6-15,25-27H,5,16H2,1-4H3,(H,34,39)(H,35,40). The van der Waals surface area contributed by atoms with Gasteiger partial charge in [-0.05, 0) is 70.2 Å². The predicted molar refractivity (Wildman–Crippen MR) is 159 cm³/mol. The van der Waals surface area contributed by atoms with Crippen LogP contribution in [0.4, 0.5) is 15.8 Å². The molecule has 4 rings (SSSR count). The molecule has 11 nitrogen and oxygen atoms in total. The number of hydrogen-bond acceptors (Lipinski definition) is 8. The molecule has 1 fully saturated rings. The summed E-state index contributed by atoms with van der Waals surface area (Å²) in [6.45, 7) is 6.41. The number of nitrogens with zero attached hydrogens (tertiary/aromatic N) is 1. The molecule has 1 aliphatic carbocycles.